The van der Waals surface area contributed by atoms with E-state index in [1.807, 2.05) is 0 Å². The Kier molecular flexibility index (Phi) is 12.1. The minimum Gasteiger partial charge on any atom is -0.481 e. The van der Waals surface area contributed by atoms with Crippen molar-refractivity contribution in [3.63, 3.8) is 0 Å². The number of Topliss-reactive ketones (excluding diaryl/α,β-unsaturated/α-hetero) is 1. The number of aromatic nitrogens is 2. The first-order valence-corrected chi connectivity index (χ1v) is 22.0. The first-order chi connectivity index (χ1) is 26.4. The van der Waals surface area contributed by atoms with E-state index in [0.29, 0.717) is 42.2 Å². The molecule has 1 aromatic heterocycles. The van der Waals surface area contributed by atoms with Crippen molar-refractivity contribution in [1.82, 2.24) is 19.8 Å². The van der Waals surface area contributed by atoms with Crippen LogP contribution in [0.15, 0.2) is 23.5 Å². The van der Waals surface area contributed by atoms with Crippen LogP contribution in [0.4, 0.5) is 0 Å². The minimum atomic E-state index is -1.18. The Labute approximate surface area is 346 Å². The predicted octanol–water partition coefficient (Wildman–Crippen LogP) is 8.25. The molecule has 57 heavy (non-hydrogen) atoms. The summed E-state index contributed by atoms with van der Waals surface area (Å²) in [6, 6.07) is 0. The van der Waals surface area contributed by atoms with Crippen molar-refractivity contribution in [2.45, 2.75) is 145 Å². The number of aliphatic hydroxyl groups is 1. The third kappa shape index (κ3) is 7.54. The molecule has 1 aromatic rings. The molecule has 4 saturated carbocycles. The summed E-state index contributed by atoms with van der Waals surface area (Å²) in [5.74, 6) is 0.559. The number of esters is 1. The van der Waals surface area contributed by atoms with Crippen molar-refractivity contribution in [2.24, 2.45) is 56.2 Å². The standard InChI is InChI=1S/C46H71ClN4O6/c1-28(2)38-31(52)22-46(34(53)26-51(21-20-50(10)11)27-36-48-24-29(47)25-49-36)19-18-44(8)30(39(38)46)12-13-33-43(7)16-15-35(57-37(54)23-41(3,4)40(55)56)42(5,6)32(43)14-17-45(33,44)9/h24-25,28,30,32-35,53H,12-23,26-27H2,1-11H3,(H,55,56)/t30-,32+,33-,34+,35?,43+,44-,45-,46+/m1/s1. The molecule has 318 valence electrons. The molecule has 6 rings (SSSR count). The Bertz CT molecular complexity index is 1740. The van der Waals surface area contributed by atoms with Crippen LogP contribution < -0.4 is 0 Å². The summed E-state index contributed by atoms with van der Waals surface area (Å²) in [6.07, 6.45) is 10.1. The van der Waals surface area contributed by atoms with E-state index in [9.17, 15) is 24.6 Å². The normalized spacial score (nSPS) is 35.5. The van der Waals surface area contributed by atoms with Crippen LogP contribution in [0.5, 0.6) is 0 Å². The average molecular weight is 812 g/mol. The fourth-order valence-corrected chi connectivity index (χ4v) is 13.6. The van der Waals surface area contributed by atoms with Gasteiger partial charge in [0, 0.05) is 49.3 Å². The predicted molar refractivity (Wildman–Crippen MR) is 222 cm³/mol. The van der Waals surface area contributed by atoms with Crippen LogP contribution in [-0.4, -0.2) is 93.6 Å². The van der Waals surface area contributed by atoms with Gasteiger partial charge in [-0.2, -0.15) is 0 Å². The number of hydrogen-bond acceptors (Lipinski definition) is 9. The van der Waals surface area contributed by atoms with Gasteiger partial charge in [0.1, 0.15) is 11.9 Å². The highest BCUT2D eigenvalue weighted by atomic mass is 35.5. The Balaban J connectivity index is 1.29. The molecular formula is C46H71ClN4O6. The summed E-state index contributed by atoms with van der Waals surface area (Å²) in [6.45, 7) is 22.1. The van der Waals surface area contributed by atoms with E-state index in [1.165, 1.54) is 5.57 Å². The number of allylic oxidation sites excluding steroid dienone is 1. The molecule has 0 aromatic carbocycles. The molecule has 0 aliphatic heterocycles. The molecule has 5 aliphatic carbocycles. The number of rotatable bonds is 13. The largest absolute Gasteiger partial charge is 0.481 e. The summed E-state index contributed by atoms with van der Waals surface area (Å²) >= 11 is 6.12. The summed E-state index contributed by atoms with van der Waals surface area (Å²) in [4.78, 5) is 52.6. The second kappa shape index (κ2) is 15.6. The van der Waals surface area contributed by atoms with Crippen molar-refractivity contribution < 1.29 is 29.3 Å². The monoisotopic (exact) mass is 811 g/mol. The lowest BCUT2D eigenvalue weighted by Gasteiger charge is -2.72. The van der Waals surface area contributed by atoms with Gasteiger partial charge < -0.3 is 19.8 Å². The van der Waals surface area contributed by atoms with Gasteiger partial charge in [0.15, 0.2) is 5.78 Å². The number of aliphatic hydroxyl groups excluding tert-OH is 1. The van der Waals surface area contributed by atoms with Gasteiger partial charge in [-0.1, -0.05) is 65.6 Å². The fourth-order valence-electron chi connectivity index (χ4n) is 13.5. The van der Waals surface area contributed by atoms with Gasteiger partial charge in [-0.3, -0.25) is 19.3 Å². The summed E-state index contributed by atoms with van der Waals surface area (Å²) < 4.78 is 6.19. The van der Waals surface area contributed by atoms with Crippen LogP contribution in [-0.2, 0) is 25.7 Å². The second-order valence-corrected chi connectivity index (χ2v) is 21.9. The summed E-state index contributed by atoms with van der Waals surface area (Å²) in [5, 5.41) is 22.8. The number of halogens is 1. The summed E-state index contributed by atoms with van der Waals surface area (Å²) in [5.41, 5.74) is 0.223. The summed E-state index contributed by atoms with van der Waals surface area (Å²) in [7, 11) is 4.11. The number of nitrogens with zero attached hydrogens (tertiary/aromatic N) is 4. The molecule has 10 nitrogen and oxygen atoms in total. The van der Waals surface area contributed by atoms with Gasteiger partial charge in [0.25, 0.3) is 0 Å². The van der Waals surface area contributed by atoms with Crippen LogP contribution in [0.3, 0.4) is 0 Å². The van der Waals surface area contributed by atoms with E-state index in [-0.39, 0.29) is 51.8 Å². The zero-order valence-corrected chi connectivity index (χ0v) is 37.5. The molecule has 4 fully saturated rings. The number of likely N-dealkylation sites (N-methyl/N-ethyl adjacent to an activating group) is 1. The average Bonchev–Trinajstić information content (AvgIpc) is 3.42. The SMILES string of the molecule is CC(C)C1=C2[C@H]3CC[C@@H]4[C@@]5(C)CCC(OC(=O)CC(C)(C)C(=O)O)C(C)(C)[C@@H]5CC[C@@]4(C)[C@]3(C)CC[C@@]2([C@@H](O)CN(CCN(C)C)Cc2ncc(Cl)cn2)CC1=O. The van der Waals surface area contributed by atoms with E-state index in [2.05, 4.69) is 82.3 Å². The van der Waals surface area contributed by atoms with Gasteiger partial charge in [-0.15, -0.1) is 0 Å². The first kappa shape index (κ1) is 44.2. The Morgan fingerprint density at radius 3 is 2.23 bits per heavy atom. The molecule has 1 unspecified atom stereocenters. The maximum absolute atomic E-state index is 14.3. The number of carbonyl (C=O) groups excluding carboxylic acids is 2. The lowest BCUT2D eigenvalue weighted by atomic mass is 9.33. The van der Waals surface area contributed by atoms with Gasteiger partial charge in [0.05, 0.1) is 29.5 Å². The van der Waals surface area contributed by atoms with Gasteiger partial charge in [-0.05, 0) is 125 Å². The zero-order chi connectivity index (χ0) is 42.1. The van der Waals surface area contributed by atoms with Crippen LogP contribution >= 0.6 is 11.6 Å². The molecule has 2 N–H and O–H groups in total. The van der Waals surface area contributed by atoms with Crippen LogP contribution in [0.2, 0.25) is 5.02 Å². The zero-order valence-electron chi connectivity index (χ0n) is 36.7. The topological polar surface area (TPSA) is 133 Å². The quantitative estimate of drug-likeness (QED) is 0.188. The first-order valence-electron chi connectivity index (χ1n) is 21.6. The number of fused-ring (bicyclic) bond motifs is 7. The molecule has 0 bridgehead atoms. The smallest absolute Gasteiger partial charge is 0.309 e. The number of aliphatic carboxylic acids is 1. The highest BCUT2D eigenvalue weighted by Gasteiger charge is 2.71. The van der Waals surface area contributed by atoms with Crippen molar-refractivity contribution in [1.29, 1.82) is 0 Å². The number of carboxylic acid groups (broad SMARTS) is 1. The molecule has 0 spiro atoms. The molecule has 11 heteroatoms. The van der Waals surface area contributed by atoms with Gasteiger partial charge in [0.2, 0.25) is 0 Å². The Morgan fingerprint density at radius 2 is 1.61 bits per heavy atom. The number of carbonyl (C=O) groups is 3. The van der Waals surface area contributed by atoms with Crippen molar-refractivity contribution in [2.75, 3.05) is 33.7 Å². The third-order valence-electron chi connectivity index (χ3n) is 16.8. The maximum atomic E-state index is 14.3. The minimum absolute atomic E-state index is 0.0216. The fraction of sp³-hybridized carbons (Fsp3) is 0.804. The molecule has 1 heterocycles. The van der Waals surface area contributed by atoms with Crippen molar-refractivity contribution in [3.8, 4) is 0 Å². The number of ketones is 1. The third-order valence-corrected chi connectivity index (χ3v) is 17.0. The molecular weight excluding hydrogens is 740 g/mol. The number of ether oxygens (including phenoxy) is 1. The Morgan fingerprint density at radius 1 is 0.947 bits per heavy atom. The highest BCUT2D eigenvalue weighted by Crippen LogP contribution is 2.77. The van der Waals surface area contributed by atoms with Crippen molar-refractivity contribution in [3.05, 3.63) is 34.4 Å². The Hall–Kier alpha value is -2.40. The van der Waals surface area contributed by atoms with Gasteiger partial charge >= 0.3 is 11.9 Å². The van der Waals surface area contributed by atoms with E-state index in [4.69, 9.17) is 16.3 Å². The van der Waals surface area contributed by atoms with E-state index in [1.54, 1.807) is 26.2 Å². The van der Waals surface area contributed by atoms with Crippen LogP contribution in [0.1, 0.15) is 132 Å². The van der Waals surface area contributed by atoms with Crippen LogP contribution in [0, 0.1) is 56.2 Å². The molecule has 5 aliphatic rings. The highest BCUT2D eigenvalue weighted by molar-refractivity contribution is 6.30. The lowest BCUT2D eigenvalue weighted by Crippen LogP contribution is -2.66. The maximum Gasteiger partial charge on any atom is 0.309 e. The molecule has 0 amide bonds. The van der Waals surface area contributed by atoms with E-state index >= 15 is 0 Å². The molecule has 0 saturated heterocycles. The van der Waals surface area contributed by atoms with Crippen LogP contribution in [0.25, 0.3) is 0 Å². The molecule has 0 radical (unpaired) electrons. The lowest BCUT2D eigenvalue weighted by molar-refractivity contribution is -0.235. The van der Waals surface area contributed by atoms with E-state index < -0.39 is 28.9 Å². The van der Waals surface area contributed by atoms with Crippen molar-refractivity contribution >= 4 is 29.3 Å². The number of hydrogen-bond donors (Lipinski definition) is 2. The number of carboxylic acids is 1. The molecule has 9 atom stereocenters. The second-order valence-electron chi connectivity index (χ2n) is 21.4. The van der Waals surface area contributed by atoms with E-state index in [0.717, 1.165) is 70.0 Å². The van der Waals surface area contributed by atoms with Gasteiger partial charge in [-0.25, -0.2) is 9.97 Å².